The number of nitrogens with zero attached hydrogens (tertiary/aromatic N) is 4. The van der Waals surface area contributed by atoms with Gasteiger partial charge in [-0.25, -0.2) is 19.6 Å². The van der Waals surface area contributed by atoms with E-state index < -0.39 is 5.97 Å². The Bertz CT molecular complexity index is 3410. The third-order valence-corrected chi connectivity index (χ3v) is 19.1. The lowest BCUT2D eigenvalue weighted by Crippen LogP contribution is -2.28. The molecule has 0 atom stereocenters. The molecule has 0 aliphatic carbocycles. The summed E-state index contributed by atoms with van der Waals surface area (Å²) in [6.45, 7) is 13.0. The van der Waals surface area contributed by atoms with E-state index in [2.05, 4.69) is 38.0 Å². The minimum absolute atomic E-state index is 0.0334. The number of benzene rings is 4. The first-order chi connectivity index (χ1) is 49.3. The third-order valence-electron chi connectivity index (χ3n) is 18.4. The van der Waals surface area contributed by atoms with Crippen molar-refractivity contribution in [2.75, 3.05) is 30.9 Å². The highest BCUT2D eigenvalue weighted by Gasteiger charge is 2.19. The Morgan fingerprint density at radius 3 is 1.12 bits per heavy atom. The van der Waals surface area contributed by atoms with Crippen LogP contribution in [0.5, 0.6) is 0 Å². The monoisotopic (exact) mass is 1430 g/mol. The van der Waals surface area contributed by atoms with Gasteiger partial charge in [0, 0.05) is 13.1 Å². The highest BCUT2D eigenvalue weighted by atomic mass is 35.5. The number of para-hydroxylation sites is 2. The fourth-order valence-electron chi connectivity index (χ4n) is 12.4. The molecule has 0 unspecified atom stereocenters. The molecule has 6 rings (SSSR count). The Hall–Kier alpha value is -6.58. The first kappa shape index (κ1) is 86.8. The molecule has 0 aliphatic heterocycles. The summed E-state index contributed by atoms with van der Waals surface area (Å²) < 4.78 is 19.2. The summed E-state index contributed by atoms with van der Waals surface area (Å²) in [5, 5.41) is 4.75. The molecule has 15 nitrogen and oxygen atoms in total. The average Bonchev–Trinajstić information content (AvgIpc) is 0.799. The quantitative estimate of drug-likeness (QED) is 0.0158. The number of anilines is 2. The van der Waals surface area contributed by atoms with E-state index in [0.29, 0.717) is 98.9 Å². The predicted octanol–water partition coefficient (Wildman–Crippen LogP) is 22.7. The Kier molecular flexibility index (Phi) is 47.3. The van der Waals surface area contributed by atoms with Crippen LogP contribution in [0, 0.1) is 0 Å². The molecule has 2 aromatic heterocycles. The standard InChI is InChI=1S/C41H60ClN3O4.C24H36N2O3.C19H30ClNO2/c1-3-5-7-9-11-13-15-17-19-23-29-45-38(43-36-26-22-21-25-34(36)40(45)47)32-39(46)44-37-31-33(27-28-35(37)42)41(48)49-30-24-20-18-16-14-12-10-8-6-4-2;1-3-5-6-7-8-9-10-11-12-15-18-26-22(19-23(27)29-4-2)25-21-17-14-13-16-20(21)24(26)28;1-2-3-4-5-6-7-8-9-10-11-14-23-19(22)16-12-13-17(20)18(21)15-16/h21-22,25-28,31H,3-20,23-24,29-30,32H2,1-2H3,(H,44,46);13-14,16-17H,3-12,15,18-19H2,1-2H3;12-13,15H,2-11,14,21H2,1H3. The van der Waals surface area contributed by atoms with E-state index in [1.54, 1.807) is 70.7 Å². The summed E-state index contributed by atoms with van der Waals surface area (Å²) in [4.78, 5) is 85.6. The molecule has 4 aromatic carbocycles. The molecule has 0 saturated heterocycles. The number of aromatic nitrogens is 4. The Balaban J connectivity index is 0.000000352. The summed E-state index contributed by atoms with van der Waals surface area (Å²) in [7, 11) is 0. The number of esters is 3. The maximum absolute atomic E-state index is 13.5. The van der Waals surface area contributed by atoms with Gasteiger partial charge in [0.25, 0.3) is 11.1 Å². The van der Waals surface area contributed by atoms with Crippen molar-refractivity contribution in [3.63, 3.8) is 0 Å². The van der Waals surface area contributed by atoms with Gasteiger partial charge in [0.15, 0.2) is 0 Å². The van der Waals surface area contributed by atoms with Gasteiger partial charge in [-0.1, -0.05) is 306 Å². The maximum Gasteiger partial charge on any atom is 0.338 e. The van der Waals surface area contributed by atoms with E-state index in [4.69, 9.17) is 48.1 Å². The van der Waals surface area contributed by atoms with Gasteiger partial charge < -0.3 is 25.3 Å². The number of unbranched alkanes of at least 4 members (excludes halogenated alkanes) is 36. The summed E-state index contributed by atoms with van der Waals surface area (Å²) in [6.07, 6.45) is 49.1. The van der Waals surface area contributed by atoms with Gasteiger partial charge in [-0.05, 0) is 93.3 Å². The molecule has 101 heavy (non-hydrogen) atoms. The molecule has 0 fully saturated rings. The molecule has 0 saturated carbocycles. The van der Waals surface area contributed by atoms with E-state index in [9.17, 15) is 28.8 Å². The van der Waals surface area contributed by atoms with Crippen molar-refractivity contribution in [2.24, 2.45) is 0 Å². The van der Waals surface area contributed by atoms with Gasteiger partial charge in [0.2, 0.25) is 5.91 Å². The number of hydrogen-bond acceptors (Lipinski definition) is 12. The molecule has 560 valence electrons. The van der Waals surface area contributed by atoms with Crippen LogP contribution in [0.1, 0.15) is 324 Å². The minimum atomic E-state index is -0.440. The second-order valence-electron chi connectivity index (χ2n) is 27.1. The lowest BCUT2D eigenvalue weighted by atomic mass is 10.1. The van der Waals surface area contributed by atoms with Crippen molar-refractivity contribution in [3.8, 4) is 0 Å². The van der Waals surface area contributed by atoms with Crippen molar-refractivity contribution in [3.05, 3.63) is 138 Å². The van der Waals surface area contributed by atoms with Crippen molar-refractivity contribution in [1.82, 2.24) is 19.1 Å². The fourth-order valence-corrected chi connectivity index (χ4v) is 12.7. The molecule has 2 heterocycles. The number of nitrogens with one attached hydrogen (secondary N) is 1. The van der Waals surface area contributed by atoms with Crippen LogP contribution in [0.3, 0.4) is 0 Å². The number of nitrogens with two attached hydrogens (primary N) is 1. The van der Waals surface area contributed by atoms with E-state index >= 15 is 0 Å². The van der Waals surface area contributed by atoms with Crippen LogP contribution in [0.4, 0.5) is 11.4 Å². The molecule has 0 spiro atoms. The lowest BCUT2D eigenvalue weighted by Gasteiger charge is -2.14. The zero-order chi connectivity index (χ0) is 72.9. The fraction of sp³-hybridized carbons (Fsp3) is 0.619. The van der Waals surface area contributed by atoms with Crippen LogP contribution >= 0.6 is 23.2 Å². The Morgan fingerprint density at radius 1 is 0.406 bits per heavy atom. The Labute approximate surface area is 616 Å². The molecule has 0 aliphatic rings. The zero-order valence-electron chi connectivity index (χ0n) is 62.6. The number of hydrogen-bond donors (Lipinski definition) is 2. The van der Waals surface area contributed by atoms with Crippen molar-refractivity contribution < 1.29 is 33.4 Å². The van der Waals surface area contributed by atoms with Crippen LogP contribution in [-0.2, 0) is 49.7 Å². The third kappa shape index (κ3) is 36.4. The first-order valence-electron chi connectivity index (χ1n) is 39.4. The molecule has 17 heteroatoms. The second-order valence-corrected chi connectivity index (χ2v) is 28.0. The number of amides is 1. The number of nitrogen functional groups attached to an aromatic ring is 1. The smallest absolute Gasteiger partial charge is 0.338 e. The van der Waals surface area contributed by atoms with Crippen LogP contribution in [0.25, 0.3) is 21.8 Å². The highest BCUT2D eigenvalue weighted by Crippen LogP contribution is 2.26. The molecule has 0 radical (unpaired) electrons. The number of fused-ring (bicyclic) bond motifs is 2. The highest BCUT2D eigenvalue weighted by molar-refractivity contribution is 6.34. The van der Waals surface area contributed by atoms with Gasteiger partial charge in [-0.15, -0.1) is 0 Å². The zero-order valence-corrected chi connectivity index (χ0v) is 64.1. The number of rotatable bonds is 52. The van der Waals surface area contributed by atoms with E-state index in [1.807, 2.05) is 30.3 Å². The number of ether oxygens (including phenoxy) is 3. The van der Waals surface area contributed by atoms with Crippen LogP contribution < -0.4 is 22.2 Å². The summed E-state index contributed by atoms with van der Waals surface area (Å²) in [5.41, 5.74) is 8.20. The van der Waals surface area contributed by atoms with Crippen LogP contribution in [-0.4, -0.2) is 62.7 Å². The lowest BCUT2D eigenvalue weighted by molar-refractivity contribution is -0.142. The van der Waals surface area contributed by atoms with Gasteiger partial charge >= 0.3 is 17.9 Å². The SMILES string of the molecule is CCCCCCCCCCCCOC(=O)c1ccc(Cl)c(N)c1.CCCCCCCCCCCCOC(=O)c1ccc(Cl)c(NC(=O)Cc2nc3ccccc3c(=O)n2CCCCCCCCCCCC)c1.CCCCCCCCCCCCn1c(CC(=O)OCC)nc2ccccc2c1=O. The molecule has 1 amide bonds. The normalized spacial score (nSPS) is 11.1. The first-order valence-corrected chi connectivity index (χ1v) is 40.1. The predicted molar refractivity (Wildman–Crippen MR) is 420 cm³/mol. The topological polar surface area (TPSA) is 204 Å². The average molecular weight is 1430 g/mol. The second kappa shape index (κ2) is 55.0. The van der Waals surface area contributed by atoms with E-state index in [1.165, 1.54) is 193 Å². The van der Waals surface area contributed by atoms with Gasteiger partial charge in [0.05, 0.1) is 80.6 Å². The summed E-state index contributed by atoms with van der Waals surface area (Å²) in [6, 6.07) is 24.1. The van der Waals surface area contributed by atoms with E-state index in [-0.39, 0.29) is 41.8 Å². The Morgan fingerprint density at radius 2 is 0.743 bits per heavy atom. The number of carbonyl (C=O) groups excluding carboxylic acids is 4. The van der Waals surface area contributed by atoms with Crippen molar-refractivity contribution in [2.45, 2.75) is 317 Å². The number of halogens is 2. The maximum atomic E-state index is 13.5. The molecular formula is C84H126Cl2N6O9. The largest absolute Gasteiger partial charge is 0.466 e. The molecule has 3 N–H and O–H groups in total. The van der Waals surface area contributed by atoms with Crippen LogP contribution in [0.15, 0.2) is 94.5 Å². The molecular weight excluding hydrogens is 1310 g/mol. The number of carbonyl (C=O) groups is 4. The molecule has 0 bridgehead atoms. The van der Waals surface area contributed by atoms with Crippen molar-refractivity contribution in [1.29, 1.82) is 0 Å². The van der Waals surface area contributed by atoms with Gasteiger partial charge in [0.1, 0.15) is 18.1 Å². The van der Waals surface area contributed by atoms with Gasteiger partial charge in [-0.3, -0.25) is 28.3 Å². The van der Waals surface area contributed by atoms with Gasteiger partial charge in [-0.2, -0.15) is 0 Å². The summed E-state index contributed by atoms with van der Waals surface area (Å²) >= 11 is 12.3. The summed E-state index contributed by atoms with van der Waals surface area (Å²) in [5.74, 6) is -0.555. The van der Waals surface area contributed by atoms with Crippen LogP contribution in [0.2, 0.25) is 10.0 Å². The minimum Gasteiger partial charge on any atom is -0.466 e. The van der Waals surface area contributed by atoms with E-state index in [0.717, 1.165) is 64.2 Å². The van der Waals surface area contributed by atoms with Crippen molar-refractivity contribution >= 4 is 80.2 Å². The molecule has 6 aromatic rings.